The van der Waals surface area contributed by atoms with Crippen molar-refractivity contribution in [2.75, 3.05) is 6.54 Å². The van der Waals surface area contributed by atoms with Gasteiger partial charge in [0.1, 0.15) is 0 Å². The number of nitrogens with two attached hydrogens (primary N) is 1. The van der Waals surface area contributed by atoms with Gasteiger partial charge in [-0.3, -0.25) is 9.59 Å². The Balaban J connectivity index is 1.79. The van der Waals surface area contributed by atoms with Gasteiger partial charge in [0.25, 0.3) is 0 Å². The van der Waals surface area contributed by atoms with Crippen LogP contribution >= 0.6 is 12.2 Å². The van der Waals surface area contributed by atoms with E-state index in [4.69, 9.17) is 18.0 Å². The summed E-state index contributed by atoms with van der Waals surface area (Å²) in [6.45, 7) is 0.0136. The van der Waals surface area contributed by atoms with Crippen molar-refractivity contribution >= 4 is 29.0 Å². The Hall–Kier alpha value is -1.17. The first-order valence-electron chi connectivity index (χ1n) is 5.92. The van der Waals surface area contributed by atoms with E-state index in [1.54, 1.807) is 0 Å². The van der Waals surface area contributed by atoms with Gasteiger partial charge in [-0.2, -0.15) is 0 Å². The number of carbonyl (C=O) groups excluding carboxylic acids is 2. The van der Waals surface area contributed by atoms with Gasteiger partial charge in [-0.1, -0.05) is 18.6 Å². The van der Waals surface area contributed by atoms with Gasteiger partial charge < -0.3 is 16.4 Å². The number of amides is 2. The highest BCUT2D eigenvalue weighted by Gasteiger charge is 2.46. The standard InChI is InChI=1S/C11H17N3O2S/c12-9(17)11(4-1-5-11)10(16)13-6-8(15)14-7-2-3-7/h7H,1-6H2,(H2,12,17)(H,13,16)(H,14,15). The van der Waals surface area contributed by atoms with E-state index in [0.29, 0.717) is 18.9 Å². The molecular formula is C11H17N3O2S. The Bertz CT molecular complexity index is 362. The van der Waals surface area contributed by atoms with E-state index >= 15 is 0 Å². The molecule has 0 unspecified atom stereocenters. The lowest BCUT2D eigenvalue weighted by Gasteiger charge is -2.38. The molecule has 0 atom stereocenters. The Labute approximate surface area is 105 Å². The number of thiocarbonyl (C=S) groups is 1. The fraction of sp³-hybridized carbons (Fsp3) is 0.727. The summed E-state index contributed by atoms with van der Waals surface area (Å²) in [5, 5.41) is 5.43. The van der Waals surface area contributed by atoms with Crippen LogP contribution in [0.5, 0.6) is 0 Å². The first-order valence-corrected chi connectivity index (χ1v) is 6.33. The van der Waals surface area contributed by atoms with Gasteiger partial charge in [-0.15, -0.1) is 0 Å². The Morgan fingerprint density at radius 2 is 2.00 bits per heavy atom. The maximum absolute atomic E-state index is 11.9. The lowest BCUT2D eigenvalue weighted by atomic mass is 9.68. The molecule has 0 heterocycles. The number of hydrogen-bond acceptors (Lipinski definition) is 3. The number of hydrogen-bond donors (Lipinski definition) is 3. The molecule has 2 aliphatic rings. The van der Waals surface area contributed by atoms with Crippen LogP contribution in [0.15, 0.2) is 0 Å². The second-order valence-corrected chi connectivity index (χ2v) is 5.26. The van der Waals surface area contributed by atoms with Crippen LogP contribution < -0.4 is 16.4 Å². The molecule has 2 saturated carbocycles. The molecule has 5 nitrogen and oxygen atoms in total. The molecule has 0 spiro atoms. The number of rotatable bonds is 5. The van der Waals surface area contributed by atoms with Crippen LogP contribution in [0.25, 0.3) is 0 Å². The van der Waals surface area contributed by atoms with Crippen molar-refractivity contribution in [2.45, 2.75) is 38.1 Å². The van der Waals surface area contributed by atoms with Crippen LogP contribution in [0, 0.1) is 5.41 Å². The largest absolute Gasteiger partial charge is 0.392 e. The molecule has 0 aromatic rings. The molecule has 0 radical (unpaired) electrons. The number of carbonyl (C=O) groups is 2. The fourth-order valence-corrected chi connectivity index (χ4v) is 2.25. The average molecular weight is 255 g/mol. The predicted octanol–water partition coefficient (Wildman–Crippen LogP) is -0.162. The summed E-state index contributed by atoms with van der Waals surface area (Å²) >= 11 is 4.93. The van der Waals surface area contributed by atoms with Crippen LogP contribution in [0.3, 0.4) is 0 Å². The van der Waals surface area contributed by atoms with Gasteiger partial charge in [-0.05, 0) is 25.7 Å². The summed E-state index contributed by atoms with van der Waals surface area (Å²) in [7, 11) is 0. The molecule has 17 heavy (non-hydrogen) atoms. The molecule has 2 fully saturated rings. The third kappa shape index (κ3) is 2.57. The maximum Gasteiger partial charge on any atom is 0.239 e. The summed E-state index contributed by atoms with van der Waals surface area (Å²) in [4.78, 5) is 23.6. The summed E-state index contributed by atoms with van der Waals surface area (Å²) in [6, 6.07) is 0.313. The molecular weight excluding hydrogens is 238 g/mol. The summed E-state index contributed by atoms with van der Waals surface area (Å²) in [5.74, 6) is -0.347. The van der Waals surface area contributed by atoms with Crippen molar-refractivity contribution < 1.29 is 9.59 Å². The summed E-state index contributed by atoms with van der Waals surface area (Å²) < 4.78 is 0. The molecule has 2 amide bonds. The van der Waals surface area contributed by atoms with Crippen molar-refractivity contribution in [3.05, 3.63) is 0 Å². The smallest absolute Gasteiger partial charge is 0.239 e. The van der Waals surface area contributed by atoms with Gasteiger partial charge in [0, 0.05) is 6.04 Å². The van der Waals surface area contributed by atoms with Crippen LogP contribution in [-0.4, -0.2) is 29.4 Å². The molecule has 2 rings (SSSR count). The normalized spacial score (nSPS) is 21.2. The van der Waals surface area contributed by atoms with Gasteiger partial charge in [0.15, 0.2) is 0 Å². The highest BCUT2D eigenvalue weighted by Crippen LogP contribution is 2.41. The van der Waals surface area contributed by atoms with E-state index < -0.39 is 5.41 Å². The zero-order valence-electron chi connectivity index (χ0n) is 9.62. The quantitative estimate of drug-likeness (QED) is 0.596. The van der Waals surface area contributed by atoms with Crippen molar-refractivity contribution in [3.8, 4) is 0 Å². The molecule has 0 aromatic carbocycles. The van der Waals surface area contributed by atoms with Crippen molar-refractivity contribution in [2.24, 2.45) is 11.1 Å². The van der Waals surface area contributed by atoms with E-state index in [1.807, 2.05) is 0 Å². The minimum atomic E-state index is -0.699. The first-order chi connectivity index (χ1) is 8.04. The molecule has 0 bridgehead atoms. The highest BCUT2D eigenvalue weighted by molar-refractivity contribution is 7.80. The van der Waals surface area contributed by atoms with Crippen LogP contribution in [0.1, 0.15) is 32.1 Å². The average Bonchev–Trinajstić information content (AvgIpc) is 2.96. The summed E-state index contributed by atoms with van der Waals surface area (Å²) in [6.07, 6.45) is 4.42. The third-order valence-corrected chi connectivity index (χ3v) is 3.86. The molecule has 4 N–H and O–H groups in total. The zero-order valence-corrected chi connectivity index (χ0v) is 10.4. The van der Waals surface area contributed by atoms with Crippen LogP contribution in [0.4, 0.5) is 0 Å². The lowest BCUT2D eigenvalue weighted by Crippen LogP contribution is -2.54. The maximum atomic E-state index is 11.9. The van der Waals surface area contributed by atoms with Gasteiger partial charge in [-0.25, -0.2) is 0 Å². The minimum absolute atomic E-state index is 0.0136. The highest BCUT2D eigenvalue weighted by atomic mass is 32.1. The van der Waals surface area contributed by atoms with E-state index in [2.05, 4.69) is 10.6 Å². The molecule has 0 aromatic heterocycles. The summed E-state index contributed by atoms with van der Waals surface area (Å²) in [5.41, 5.74) is 4.90. The van der Waals surface area contributed by atoms with Crippen LogP contribution in [-0.2, 0) is 9.59 Å². The predicted molar refractivity (Wildman–Crippen MR) is 67.2 cm³/mol. The van der Waals surface area contributed by atoms with E-state index in [1.165, 1.54) is 0 Å². The van der Waals surface area contributed by atoms with Crippen molar-refractivity contribution in [1.82, 2.24) is 10.6 Å². The molecule has 0 saturated heterocycles. The number of nitrogens with one attached hydrogen (secondary N) is 2. The second kappa shape index (κ2) is 4.60. The third-order valence-electron chi connectivity index (χ3n) is 3.47. The lowest BCUT2D eigenvalue weighted by molar-refractivity contribution is -0.133. The van der Waals surface area contributed by atoms with Gasteiger partial charge >= 0.3 is 0 Å². The topological polar surface area (TPSA) is 84.2 Å². The van der Waals surface area contributed by atoms with Crippen LogP contribution in [0.2, 0.25) is 0 Å². The molecule has 94 valence electrons. The van der Waals surface area contributed by atoms with E-state index in [0.717, 1.165) is 19.3 Å². The van der Waals surface area contributed by atoms with Gasteiger partial charge in [0.05, 0.1) is 16.9 Å². The fourth-order valence-electron chi connectivity index (χ4n) is 1.95. The zero-order chi connectivity index (χ0) is 12.5. The van der Waals surface area contributed by atoms with Crippen molar-refractivity contribution in [1.29, 1.82) is 0 Å². The molecule has 0 aliphatic heterocycles. The Morgan fingerprint density at radius 3 is 2.41 bits per heavy atom. The Morgan fingerprint density at radius 1 is 1.35 bits per heavy atom. The van der Waals surface area contributed by atoms with Crippen molar-refractivity contribution in [3.63, 3.8) is 0 Å². The van der Waals surface area contributed by atoms with E-state index in [9.17, 15) is 9.59 Å². The monoisotopic (exact) mass is 255 g/mol. The molecule has 6 heteroatoms. The molecule has 2 aliphatic carbocycles. The Kier molecular flexibility index (Phi) is 3.33. The second-order valence-electron chi connectivity index (χ2n) is 4.82. The van der Waals surface area contributed by atoms with E-state index in [-0.39, 0.29) is 23.3 Å². The van der Waals surface area contributed by atoms with Gasteiger partial charge in [0.2, 0.25) is 11.8 Å². The minimum Gasteiger partial charge on any atom is -0.392 e. The SMILES string of the molecule is NC(=S)C1(C(=O)NCC(=O)NC2CC2)CCC1. The first kappa shape index (κ1) is 12.3.